The van der Waals surface area contributed by atoms with Gasteiger partial charge in [0.15, 0.2) is 6.10 Å². The number of rotatable bonds is 8. The second-order valence-corrected chi connectivity index (χ2v) is 8.75. The molecule has 1 aliphatic heterocycles. The van der Waals surface area contributed by atoms with Crippen LogP contribution in [0.2, 0.25) is 0 Å². The van der Waals surface area contributed by atoms with Gasteiger partial charge in [0.1, 0.15) is 15.6 Å². The molecule has 0 aliphatic carbocycles. The summed E-state index contributed by atoms with van der Waals surface area (Å²) >= 11 is 0. The number of nitrogens with zero attached hydrogens (tertiary/aromatic N) is 2. The number of sulfone groups is 1. The van der Waals surface area contributed by atoms with Crippen molar-refractivity contribution in [3.8, 4) is 5.75 Å². The van der Waals surface area contributed by atoms with Crippen molar-refractivity contribution < 1.29 is 23.1 Å². The predicted octanol–water partition coefficient (Wildman–Crippen LogP) is 0.701. The molecule has 0 radical (unpaired) electrons. The lowest BCUT2D eigenvalue weighted by atomic mass is 10.2. The van der Waals surface area contributed by atoms with Gasteiger partial charge in [-0.2, -0.15) is 0 Å². The van der Waals surface area contributed by atoms with E-state index in [1.165, 1.54) is 13.2 Å². The van der Waals surface area contributed by atoms with Crippen molar-refractivity contribution in [3.05, 3.63) is 29.8 Å². The summed E-state index contributed by atoms with van der Waals surface area (Å²) in [7, 11) is -2.91. The summed E-state index contributed by atoms with van der Waals surface area (Å²) < 4.78 is 27.8. The summed E-state index contributed by atoms with van der Waals surface area (Å²) in [6.07, 6.45) is 0.402. The van der Waals surface area contributed by atoms with E-state index in [-0.39, 0.29) is 5.75 Å². The summed E-state index contributed by atoms with van der Waals surface area (Å²) in [5, 5.41) is 8.85. The lowest BCUT2D eigenvalue weighted by Crippen LogP contribution is -2.47. The predicted molar refractivity (Wildman–Crippen MR) is 95.6 cm³/mol. The van der Waals surface area contributed by atoms with E-state index in [4.69, 9.17) is 9.84 Å². The summed E-state index contributed by atoms with van der Waals surface area (Å²) in [5.74, 6) is -0.231. The highest BCUT2D eigenvalue weighted by molar-refractivity contribution is 7.90. The average Bonchev–Trinajstić information content (AvgIpc) is 2.55. The first-order valence-electron chi connectivity index (χ1n) is 8.34. The molecule has 7 nitrogen and oxygen atoms in total. The Labute approximate surface area is 149 Å². The molecule has 0 amide bonds. The number of hydrogen-bond donors (Lipinski definition) is 1. The quantitative estimate of drug-likeness (QED) is 0.721. The Morgan fingerprint density at radius 2 is 1.72 bits per heavy atom. The maximum absolute atomic E-state index is 11.2. The van der Waals surface area contributed by atoms with Crippen LogP contribution in [0.4, 0.5) is 0 Å². The molecule has 1 aliphatic rings. The van der Waals surface area contributed by atoms with Crippen molar-refractivity contribution in [3.63, 3.8) is 0 Å². The standard InChI is InChI=1S/C17H26N2O5S/c1-14(17(20)21)24-16-5-3-15(4-6-16)13-19-9-7-18(8-10-19)11-12-25(2,22)23/h3-6,14H,7-13H2,1-2H3,(H,20,21)/t14-/m1/s1. The third kappa shape index (κ3) is 7.01. The topological polar surface area (TPSA) is 87.2 Å². The molecule has 1 heterocycles. The first-order valence-corrected chi connectivity index (χ1v) is 10.4. The highest BCUT2D eigenvalue weighted by Crippen LogP contribution is 2.16. The van der Waals surface area contributed by atoms with Crippen molar-refractivity contribution in [2.75, 3.05) is 44.7 Å². The summed E-state index contributed by atoms with van der Waals surface area (Å²) in [4.78, 5) is 15.3. The van der Waals surface area contributed by atoms with E-state index in [9.17, 15) is 13.2 Å². The minimum Gasteiger partial charge on any atom is -0.479 e. The molecule has 1 N–H and O–H groups in total. The van der Waals surface area contributed by atoms with Crippen LogP contribution in [0, 0.1) is 0 Å². The van der Waals surface area contributed by atoms with E-state index in [1.807, 2.05) is 12.1 Å². The second kappa shape index (κ2) is 8.64. The highest BCUT2D eigenvalue weighted by Gasteiger charge is 2.18. The van der Waals surface area contributed by atoms with Gasteiger partial charge in [-0.05, 0) is 24.6 Å². The molecule has 8 heteroatoms. The molecule has 1 atom stereocenters. The fourth-order valence-corrected chi connectivity index (χ4v) is 3.24. The van der Waals surface area contributed by atoms with Crippen molar-refractivity contribution in [1.29, 1.82) is 0 Å². The van der Waals surface area contributed by atoms with Crippen LogP contribution in [0.5, 0.6) is 5.75 Å². The first kappa shape index (κ1) is 19.7. The minimum atomic E-state index is -2.91. The van der Waals surface area contributed by atoms with E-state index in [1.54, 1.807) is 12.1 Å². The van der Waals surface area contributed by atoms with Crippen LogP contribution in [-0.4, -0.2) is 80.1 Å². The van der Waals surface area contributed by atoms with Crippen LogP contribution in [0.3, 0.4) is 0 Å². The largest absolute Gasteiger partial charge is 0.479 e. The molecule has 0 aromatic heterocycles. The van der Waals surface area contributed by atoms with Crippen molar-refractivity contribution in [2.24, 2.45) is 0 Å². The monoisotopic (exact) mass is 370 g/mol. The smallest absolute Gasteiger partial charge is 0.344 e. The second-order valence-electron chi connectivity index (χ2n) is 6.49. The lowest BCUT2D eigenvalue weighted by molar-refractivity contribution is -0.144. The molecular weight excluding hydrogens is 344 g/mol. The Balaban J connectivity index is 1.77. The van der Waals surface area contributed by atoms with Gasteiger partial charge in [0, 0.05) is 45.5 Å². The van der Waals surface area contributed by atoms with Crippen molar-refractivity contribution in [1.82, 2.24) is 9.80 Å². The van der Waals surface area contributed by atoms with E-state index >= 15 is 0 Å². The van der Waals surface area contributed by atoms with Gasteiger partial charge in [-0.25, -0.2) is 13.2 Å². The zero-order chi connectivity index (χ0) is 18.4. The third-order valence-electron chi connectivity index (χ3n) is 4.23. The third-order valence-corrected chi connectivity index (χ3v) is 5.16. The van der Waals surface area contributed by atoms with Crippen LogP contribution >= 0.6 is 0 Å². The highest BCUT2D eigenvalue weighted by atomic mass is 32.2. The van der Waals surface area contributed by atoms with Gasteiger partial charge in [-0.15, -0.1) is 0 Å². The number of carbonyl (C=O) groups is 1. The molecule has 0 saturated carbocycles. The molecule has 1 fully saturated rings. The molecule has 1 saturated heterocycles. The minimum absolute atomic E-state index is 0.212. The zero-order valence-electron chi connectivity index (χ0n) is 14.7. The summed E-state index contributed by atoms with van der Waals surface area (Å²) in [5.41, 5.74) is 1.14. The van der Waals surface area contributed by atoms with Crippen LogP contribution in [0.1, 0.15) is 12.5 Å². The van der Waals surface area contributed by atoms with Gasteiger partial charge in [-0.1, -0.05) is 12.1 Å². The number of aliphatic carboxylic acids is 1. The lowest BCUT2D eigenvalue weighted by Gasteiger charge is -2.34. The van der Waals surface area contributed by atoms with Crippen LogP contribution in [0.15, 0.2) is 24.3 Å². The van der Waals surface area contributed by atoms with Gasteiger partial charge in [0.2, 0.25) is 0 Å². The van der Waals surface area contributed by atoms with E-state index in [0.717, 1.165) is 38.3 Å². The number of ether oxygens (including phenoxy) is 1. The Hall–Kier alpha value is -1.64. The van der Waals surface area contributed by atoms with E-state index in [0.29, 0.717) is 12.3 Å². The van der Waals surface area contributed by atoms with Crippen LogP contribution in [0.25, 0.3) is 0 Å². The normalized spacial score (nSPS) is 18.0. The molecule has 25 heavy (non-hydrogen) atoms. The van der Waals surface area contributed by atoms with Gasteiger partial charge < -0.3 is 9.84 Å². The molecule has 0 spiro atoms. The van der Waals surface area contributed by atoms with Crippen LogP contribution in [-0.2, 0) is 21.2 Å². The zero-order valence-corrected chi connectivity index (χ0v) is 15.5. The SMILES string of the molecule is C[C@@H](Oc1ccc(CN2CCN(CCS(C)(=O)=O)CC2)cc1)C(=O)O. The Bertz CT molecular complexity index is 667. The number of carboxylic acids is 1. The Morgan fingerprint density at radius 3 is 2.24 bits per heavy atom. The number of carboxylic acid groups (broad SMARTS) is 1. The van der Waals surface area contributed by atoms with Crippen molar-refractivity contribution in [2.45, 2.75) is 19.6 Å². The van der Waals surface area contributed by atoms with Gasteiger partial charge in [0.25, 0.3) is 0 Å². The van der Waals surface area contributed by atoms with Gasteiger partial charge >= 0.3 is 5.97 Å². The van der Waals surface area contributed by atoms with Gasteiger partial charge in [0.05, 0.1) is 5.75 Å². The molecule has 2 rings (SSSR count). The molecule has 1 aromatic carbocycles. The van der Waals surface area contributed by atoms with Gasteiger partial charge in [-0.3, -0.25) is 9.80 Å². The molecule has 140 valence electrons. The van der Waals surface area contributed by atoms with E-state index < -0.39 is 21.9 Å². The average molecular weight is 370 g/mol. The summed E-state index contributed by atoms with van der Waals surface area (Å²) in [6.45, 7) is 6.45. The Morgan fingerprint density at radius 1 is 1.16 bits per heavy atom. The maximum Gasteiger partial charge on any atom is 0.344 e. The molecule has 0 bridgehead atoms. The Kier molecular flexibility index (Phi) is 6.80. The fourth-order valence-electron chi connectivity index (χ4n) is 2.65. The van der Waals surface area contributed by atoms with Crippen LogP contribution < -0.4 is 4.74 Å². The van der Waals surface area contributed by atoms with Crippen molar-refractivity contribution >= 4 is 15.8 Å². The first-order chi connectivity index (χ1) is 11.7. The number of hydrogen-bond acceptors (Lipinski definition) is 6. The molecule has 0 unspecified atom stereocenters. The van der Waals surface area contributed by atoms with E-state index in [2.05, 4.69) is 9.80 Å². The molecular formula is C17H26N2O5S. The number of piperazine rings is 1. The molecule has 1 aromatic rings. The summed E-state index contributed by atoms with van der Waals surface area (Å²) in [6, 6.07) is 7.47. The fraction of sp³-hybridized carbons (Fsp3) is 0.588. The maximum atomic E-state index is 11.2. The number of benzene rings is 1.